The molecule has 8 nitrogen and oxygen atoms in total. The number of rotatable bonds is 7. The quantitative estimate of drug-likeness (QED) is 0.547. The Labute approximate surface area is 187 Å². The van der Waals surface area contributed by atoms with Gasteiger partial charge in [-0.3, -0.25) is 19.3 Å². The van der Waals surface area contributed by atoms with Crippen molar-refractivity contribution in [3.05, 3.63) is 59.7 Å². The van der Waals surface area contributed by atoms with Crippen LogP contribution in [0.4, 0.5) is 29.3 Å². The molecule has 2 aromatic rings. The first-order valence-corrected chi connectivity index (χ1v) is 10.1. The third-order valence-electron chi connectivity index (χ3n) is 4.84. The van der Waals surface area contributed by atoms with Crippen molar-refractivity contribution in [1.29, 1.82) is 0 Å². The second-order valence-electron chi connectivity index (χ2n) is 7.38. The lowest BCUT2D eigenvalue weighted by Gasteiger charge is -2.13. The topological polar surface area (TPSA) is 108 Å². The number of hydrogen-bond acceptors (Lipinski definition) is 4. The smallest absolute Gasteiger partial charge is 0.326 e. The zero-order valence-corrected chi connectivity index (χ0v) is 17.5. The normalized spacial score (nSPS) is 15.9. The van der Waals surface area contributed by atoms with Crippen LogP contribution in [0.25, 0.3) is 0 Å². The Bertz CT molecular complexity index is 1090. The molecule has 0 spiro atoms. The number of urea groups is 1. The molecule has 1 fully saturated rings. The van der Waals surface area contributed by atoms with Crippen molar-refractivity contribution in [1.82, 2.24) is 10.2 Å². The van der Waals surface area contributed by atoms with E-state index in [0.717, 1.165) is 17.0 Å². The third-order valence-corrected chi connectivity index (χ3v) is 4.84. The Balaban J connectivity index is 1.64. The zero-order chi connectivity index (χ0) is 24.2. The zero-order valence-electron chi connectivity index (χ0n) is 17.5. The predicted octanol–water partition coefficient (Wildman–Crippen LogP) is 3.62. The fourth-order valence-electron chi connectivity index (χ4n) is 3.27. The Hall–Kier alpha value is -3.89. The number of benzene rings is 2. The van der Waals surface area contributed by atoms with Crippen LogP contribution < -0.4 is 16.0 Å². The van der Waals surface area contributed by atoms with Crippen molar-refractivity contribution in [3.8, 4) is 0 Å². The van der Waals surface area contributed by atoms with Gasteiger partial charge < -0.3 is 16.0 Å². The van der Waals surface area contributed by atoms with Gasteiger partial charge in [0.15, 0.2) is 0 Å². The molecule has 0 radical (unpaired) electrons. The summed E-state index contributed by atoms with van der Waals surface area (Å²) in [5.41, 5.74) is -0.635. The highest BCUT2D eigenvalue weighted by atomic mass is 19.4. The van der Waals surface area contributed by atoms with E-state index in [4.69, 9.17) is 0 Å². The van der Waals surface area contributed by atoms with Crippen LogP contribution in [0.15, 0.2) is 48.5 Å². The van der Waals surface area contributed by atoms with Crippen LogP contribution in [0.1, 0.15) is 35.7 Å². The molecule has 0 saturated carbocycles. The highest BCUT2D eigenvalue weighted by Crippen LogP contribution is 2.30. The Morgan fingerprint density at radius 1 is 1.03 bits per heavy atom. The summed E-state index contributed by atoms with van der Waals surface area (Å²) in [5.74, 6) is -1.81. The highest BCUT2D eigenvalue weighted by molar-refractivity contribution is 6.08. The fraction of sp³-hybridized carbons (Fsp3) is 0.273. The Kier molecular flexibility index (Phi) is 7.00. The first-order valence-electron chi connectivity index (χ1n) is 10.1. The van der Waals surface area contributed by atoms with Gasteiger partial charge in [-0.15, -0.1) is 0 Å². The summed E-state index contributed by atoms with van der Waals surface area (Å²) in [5, 5.41) is 7.40. The van der Waals surface area contributed by atoms with E-state index >= 15 is 0 Å². The highest BCUT2D eigenvalue weighted by Gasteiger charge is 2.38. The van der Waals surface area contributed by atoms with Gasteiger partial charge in [0, 0.05) is 16.9 Å². The number of halogens is 3. The van der Waals surface area contributed by atoms with E-state index in [0.29, 0.717) is 12.8 Å². The molecule has 0 bridgehead atoms. The number of nitrogens with zero attached hydrogens (tertiary/aromatic N) is 1. The van der Waals surface area contributed by atoms with E-state index in [-0.39, 0.29) is 16.9 Å². The molecular weight excluding hydrogens is 441 g/mol. The average molecular weight is 462 g/mol. The van der Waals surface area contributed by atoms with Crippen LogP contribution in [0.2, 0.25) is 0 Å². The van der Waals surface area contributed by atoms with E-state index in [9.17, 15) is 32.3 Å². The van der Waals surface area contributed by atoms with Crippen LogP contribution >= 0.6 is 0 Å². The van der Waals surface area contributed by atoms with Gasteiger partial charge in [-0.05, 0) is 42.8 Å². The lowest BCUT2D eigenvalue weighted by molar-refractivity contribution is -0.137. The van der Waals surface area contributed by atoms with Crippen molar-refractivity contribution >= 4 is 35.1 Å². The van der Waals surface area contributed by atoms with Gasteiger partial charge in [-0.2, -0.15) is 13.2 Å². The van der Waals surface area contributed by atoms with Crippen molar-refractivity contribution in [2.75, 3.05) is 17.2 Å². The van der Waals surface area contributed by atoms with E-state index in [1.807, 2.05) is 6.92 Å². The standard InChI is InChI=1S/C22H21F3N4O4/c1-2-5-17-20(32)29(21(33)28-17)12-18(30)26-15-8-3-6-13(10-15)19(31)27-16-9-4-7-14(11-16)22(23,24)25/h3-4,6-11,17H,2,5,12H2,1H3,(H,26,30)(H,27,31)(H,28,33)/t17-/m1/s1. The molecule has 1 atom stereocenters. The number of anilines is 2. The summed E-state index contributed by atoms with van der Waals surface area (Å²) in [7, 11) is 0. The maximum absolute atomic E-state index is 12.9. The van der Waals surface area contributed by atoms with Gasteiger partial charge in [0.05, 0.1) is 5.56 Å². The van der Waals surface area contributed by atoms with Crippen molar-refractivity contribution in [3.63, 3.8) is 0 Å². The Morgan fingerprint density at radius 2 is 1.70 bits per heavy atom. The van der Waals surface area contributed by atoms with Crippen LogP contribution in [-0.4, -0.2) is 41.2 Å². The molecule has 33 heavy (non-hydrogen) atoms. The summed E-state index contributed by atoms with van der Waals surface area (Å²) < 4.78 is 38.6. The molecule has 0 aliphatic carbocycles. The number of alkyl halides is 3. The van der Waals surface area contributed by atoms with Crippen LogP contribution in [-0.2, 0) is 15.8 Å². The molecule has 0 unspecified atom stereocenters. The maximum Gasteiger partial charge on any atom is 0.416 e. The lowest BCUT2D eigenvalue weighted by atomic mass is 10.1. The van der Waals surface area contributed by atoms with Crippen molar-refractivity contribution in [2.24, 2.45) is 0 Å². The third kappa shape index (κ3) is 5.88. The predicted molar refractivity (Wildman–Crippen MR) is 113 cm³/mol. The maximum atomic E-state index is 12.9. The van der Waals surface area contributed by atoms with E-state index in [1.54, 1.807) is 0 Å². The molecule has 11 heteroatoms. The van der Waals surface area contributed by atoms with Gasteiger partial charge in [0.1, 0.15) is 12.6 Å². The summed E-state index contributed by atoms with van der Waals surface area (Å²) in [6, 6.07) is 8.61. The average Bonchev–Trinajstić information content (AvgIpc) is 3.01. The van der Waals surface area contributed by atoms with Crippen molar-refractivity contribution < 1.29 is 32.3 Å². The summed E-state index contributed by atoms with van der Waals surface area (Å²) in [6.07, 6.45) is -3.40. The molecule has 3 N–H and O–H groups in total. The number of nitrogens with one attached hydrogen (secondary N) is 3. The molecule has 1 saturated heterocycles. The minimum atomic E-state index is -4.55. The molecule has 0 aromatic heterocycles. The molecule has 1 aliphatic rings. The van der Waals surface area contributed by atoms with Crippen LogP contribution in [0.3, 0.4) is 0 Å². The minimum Gasteiger partial charge on any atom is -0.326 e. The summed E-state index contributed by atoms with van der Waals surface area (Å²) in [6.45, 7) is 1.37. The molecule has 2 aromatic carbocycles. The minimum absolute atomic E-state index is 0.0375. The van der Waals surface area contributed by atoms with Crippen LogP contribution in [0, 0.1) is 0 Å². The largest absolute Gasteiger partial charge is 0.416 e. The van der Waals surface area contributed by atoms with Crippen LogP contribution in [0.5, 0.6) is 0 Å². The van der Waals surface area contributed by atoms with E-state index in [1.165, 1.54) is 36.4 Å². The van der Waals surface area contributed by atoms with E-state index in [2.05, 4.69) is 16.0 Å². The number of carbonyl (C=O) groups is 4. The molecule has 1 heterocycles. The fourth-order valence-corrected chi connectivity index (χ4v) is 3.27. The second kappa shape index (κ2) is 9.72. The summed E-state index contributed by atoms with van der Waals surface area (Å²) >= 11 is 0. The first-order chi connectivity index (χ1) is 15.6. The van der Waals surface area contributed by atoms with Gasteiger partial charge in [0.2, 0.25) is 5.91 Å². The summed E-state index contributed by atoms with van der Waals surface area (Å²) in [4.78, 5) is 49.8. The number of imide groups is 1. The first kappa shape index (κ1) is 23.8. The molecule has 174 valence electrons. The van der Waals surface area contributed by atoms with Crippen molar-refractivity contribution in [2.45, 2.75) is 32.0 Å². The number of carbonyl (C=O) groups excluding carboxylic acids is 4. The van der Waals surface area contributed by atoms with Gasteiger partial charge in [-0.1, -0.05) is 25.5 Å². The molecular formula is C22H21F3N4O4. The number of amides is 5. The lowest BCUT2D eigenvalue weighted by Crippen LogP contribution is -2.38. The van der Waals surface area contributed by atoms with Gasteiger partial charge >= 0.3 is 12.2 Å². The number of hydrogen-bond donors (Lipinski definition) is 3. The molecule has 1 aliphatic heterocycles. The van der Waals surface area contributed by atoms with Gasteiger partial charge in [0.25, 0.3) is 11.8 Å². The Morgan fingerprint density at radius 3 is 2.36 bits per heavy atom. The molecule has 3 rings (SSSR count). The molecule has 5 amide bonds. The van der Waals surface area contributed by atoms with Gasteiger partial charge in [-0.25, -0.2) is 4.79 Å². The monoisotopic (exact) mass is 462 g/mol. The second-order valence-corrected chi connectivity index (χ2v) is 7.38. The SMILES string of the molecule is CCC[C@H]1NC(=O)N(CC(=O)Nc2cccc(C(=O)Nc3cccc(C(F)(F)F)c3)c2)C1=O. The van der Waals surface area contributed by atoms with E-state index < -0.39 is 48.1 Å².